The van der Waals surface area contributed by atoms with Gasteiger partial charge in [0.1, 0.15) is 12.0 Å². The van der Waals surface area contributed by atoms with Crippen LogP contribution in [0.4, 0.5) is 0 Å². The Balaban J connectivity index is 2.63. The fourth-order valence-corrected chi connectivity index (χ4v) is 1.23. The molecule has 0 spiro atoms. The average molecular weight is 193 g/mol. The first-order valence-electron chi connectivity index (χ1n) is 4.55. The number of carbonyl (C=O) groups excluding carboxylic acids is 1. The second-order valence-electron chi connectivity index (χ2n) is 3.08. The normalized spacial score (nSPS) is 12.1. The zero-order valence-corrected chi connectivity index (χ0v) is 8.49. The second kappa shape index (κ2) is 5.40. The van der Waals surface area contributed by atoms with E-state index in [2.05, 4.69) is 5.32 Å². The minimum atomic E-state index is -0.108. The van der Waals surface area contributed by atoms with Gasteiger partial charge in [0.05, 0.1) is 13.2 Å². The van der Waals surface area contributed by atoms with Gasteiger partial charge < -0.3 is 14.8 Å². The zero-order valence-electron chi connectivity index (χ0n) is 8.49. The Hall–Kier alpha value is -1.35. The summed E-state index contributed by atoms with van der Waals surface area (Å²) in [6, 6.07) is 7.61. The molecule has 0 fully saturated rings. The van der Waals surface area contributed by atoms with Gasteiger partial charge in [0.25, 0.3) is 0 Å². The van der Waals surface area contributed by atoms with E-state index in [1.165, 1.54) is 0 Å². The van der Waals surface area contributed by atoms with Crippen molar-refractivity contribution < 1.29 is 9.53 Å². The molecule has 1 rings (SSSR count). The summed E-state index contributed by atoms with van der Waals surface area (Å²) in [6.07, 6.45) is 1.63. The predicted molar refractivity (Wildman–Crippen MR) is 55.6 cm³/mol. The maximum atomic E-state index is 10.6. The number of benzene rings is 1. The first-order valence-corrected chi connectivity index (χ1v) is 4.55. The van der Waals surface area contributed by atoms with Crippen LogP contribution in [0.1, 0.15) is 5.56 Å². The van der Waals surface area contributed by atoms with Crippen LogP contribution in [0.25, 0.3) is 0 Å². The second-order valence-corrected chi connectivity index (χ2v) is 3.08. The predicted octanol–water partition coefficient (Wildman–Crippen LogP) is 1.02. The molecular formula is C11H15NO2. The highest BCUT2D eigenvalue weighted by atomic mass is 16.5. The minimum Gasteiger partial charge on any atom is -0.497 e. The molecule has 0 saturated heterocycles. The molecule has 0 amide bonds. The number of hydrogen-bond acceptors (Lipinski definition) is 3. The number of aldehydes is 1. The summed E-state index contributed by atoms with van der Waals surface area (Å²) in [5.41, 5.74) is 1.12. The van der Waals surface area contributed by atoms with Crippen molar-refractivity contribution in [3.63, 3.8) is 0 Å². The first-order chi connectivity index (χ1) is 6.80. The Kier molecular flexibility index (Phi) is 4.13. The molecule has 1 aromatic rings. The van der Waals surface area contributed by atoms with E-state index in [0.29, 0.717) is 6.42 Å². The number of ether oxygens (including phenoxy) is 1. The number of likely N-dealkylation sites (N-methyl/N-ethyl adjacent to an activating group) is 1. The van der Waals surface area contributed by atoms with E-state index in [4.69, 9.17) is 4.74 Å². The lowest BCUT2D eigenvalue weighted by atomic mass is 10.1. The van der Waals surface area contributed by atoms with Crippen LogP contribution < -0.4 is 10.1 Å². The van der Waals surface area contributed by atoms with Crippen LogP contribution in [0.5, 0.6) is 5.75 Å². The van der Waals surface area contributed by atoms with E-state index in [-0.39, 0.29) is 6.04 Å². The fourth-order valence-electron chi connectivity index (χ4n) is 1.23. The molecule has 14 heavy (non-hydrogen) atoms. The topological polar surface area (TPSA) is 38.3 Å². The molecule has 0 aliphatic rings. The van der Waals surface area contributed by atoms with Crippen LogP contribution in [0.2, 0.25) is 0 Å². The SMILES string of the molecule is CN[C@H](C=O)Cc1ccc(OC)cc1. The van der Waals surface area contributed by atoms with Gasteiger partial charge in [0.2, 0.25) is 0 Å². The van der Waals surface area contributed by atoms with Gasteiger partial charge in [-0.05, 0) is 31.2 Å². The molecule has 76 valence electrons. The van der Waals surface area contributed by atoms with Crippen molar-refractivity contribution in [1.29, 1.82) is 0 Å². The number of nitrogens with one attached hydrogen (secondary N) is 1. The van der Waals surface area contributed by atoms with E-state index in [9.17, 15) is 4.79 Å². The quantitative estimate of drug-likeness (QED) is 0.710. The highest BCUT2D eigenvalue weighted by molar-refractivity contribution is 5.58. The Labute approximate surface area is 84.1 Å². The summed E-state index contributed by atoms with van der Waals surface area (Å²) < 4.78 is 5.04. The lowest BCUT2D eigenvalue weighted by Crippen LogP contribution is -2.28. The van der Waals surface area contributed by atoms with E-state index in [1.54, 1.807) is 14.2 Å². The van der Waals surface area contributed by atoms with Crippen molar-refractivity contribution in [2.24, 2.45) is 0 Å². The molecule has 0 saturated carbocycles. The third kappa shape index (κ3) is 2.85. The molecule has 1 atom stereocenters. The zero-order chi connectivity index (χ0) is 10.4. The third-order valence-corrected chi connectivity index (χ3v) is 2.15. The van der Waals surface area contributed by atoms with Crippen molar-refractivity contribution in [3.05, 3.63) is 29.8 Å². The van der Waals surface area contributed by atoms with Crippen molar-refractivity contribution in [1.82, 2.24) is 5.32 Å². The maximum absolute atomic E-state index is 10.6. The summed E-state index contributed by atoms with van der Waals surface area (Å²) >= 11 is 0. The molecule has 3 nitrogen and oxygen atoms in total. The summed E-state index contributed by atoms with van der Waals surface area (Å²) in [5.74, 6) is 0.834. The molecule has 0 aliphatic carbocycles. The van der Waals surface area contributed by atoms with E-state index in [0.717, 1.165) is 17.6 Å². The largest absolute Gasteiger partial charge is 0.497 e. The number of methoxy groups -OCH3 is 1. The molecule has 3 heteroatoms. The van der Waals surface area contributed by atoms with Crippen molar-refractivity contribution in [3.8, 4) is 5.75 Å². The molecule has 0 aromatic heterocycles. The van der Waals surface area contributed by atoms with Crippen LogP contribution in [0.3, 0.4) is 0 Å². The first kappa shape index (κ1) is 10.7. The van der Waals surface area contributed by atoms with Crippen molar-refractivity contribution in [2.75, 3.05) is 14.2 Å². The van der Waals surface area contributed by atoms with Gasteiger partial charge in [-0.1, -0.05) is 12.1 Å². The Morgan fingerprint density at radius 3 is 2.50 bits per heavy atom. The summed E-state index contributed by atoms with van der Waals surface area (Å²) in [4.78, 5) is 10.6. The lowest BCUT2D eigenvalue weighted by Gasteiger charge is -2.08. The van der Waals surface area contributed by atoms with Crippen LogP contribution >= 0.6 is 0 Å². The highest BCUT2D eigenvalue weighted by Crippen LogP contribution is 2.12. The summed E-state index contributed by atoms with van der Waals surface area (Å²) in [5, 5.41) is 2.93. The van der Waals surface area contributed by atoms with Gasteiger partial charge in [-0.25, -0.2) is 0 Å². The summed E-state index contributed by atoms with van der Waals surface area (Å²) in [6.45, 7) is 0. The standard InChI is InChI=1S/C11H15NO2/c1-12-10(8-13)7-9-3-5-11(14-2)6-4-9/h3-6,8,10,12H,7H2,1-2H3/t10-/m0/s1. The van der Waals surface area contributed by atoms with Gasteiger partial charge >= 0.3 is 0 Å². The molecule has 0 heterocycles. The van der Waals surface area contributed by atoms with Gasteiger partial charge in [0.15, 0.2) is 0 Å². The van der Waals surface area contributed by atoms with Gasteiger partial charge in [-0.15, -0.1) is 0 Å². The fraction of sp³-hybridized carbons (Fsp3) is 0.364. The Morgan fingerprint density at radius 1 is 1.43 bits per heavy atom. The highest BCUT2D eigenvalue weighted by Gasteiger charge is 2.04. The van der Waals surface area contributed by atoms with Crippen LogP contribution in [0, 0.1) is 0 Å². The van der Waals surface area contributed by atoms with E-state index < -0.39 is 0 Å². The molecular weight excluding hydrogens is 178 g/mol. The van der Waals surface area contributed by atoms with Gasteiger partial charge in [-0.2, -0.15) is 0 Å². The molecule has 1 N–H and O–H groups in total. The monoisotopic (exact) mass is 193 g/mol. The third-order valence-electron chi connectivity index (χ3n) is 2.15. The Bertz CT molecular complexity index is 282. The van der Waals surface area contributed by atoms with Crippen LogP contribution in [0.15, 0.2) is 24.3 Å². The number of rotatable bonds is 5. The molecule has 0 radical (unpaired) electrons. The Morgan fingerprint density at radius 2 is 2.07 bits per heavy atom. The van der Waals surface area contributed by atoms with Crippen molar-refractivity contribution >= 4 is 6.29 Å². The van der Waals surface area contributed by atoms with Crippen LogP contribution in [-0.2, 0) is 11.2 Å². The minimum absolute atomic E-state index is 0.108. The number of carbonyl (C=O) groups is 1. The molecule has 0 aliphatic heterocycles. The van der Waals surface area contributed by atoms with Crippen molar-refractivity contribution in [2.45, 2.75) is 12.5 Å². The summed E-state index contributed by atoms with van der Waals surface area (Å²) in [7, 11) is 3.42. The molecule has 1 aromatic carbocycles. The van der Waals surface area contributed by atoms with Gasteiger partial charge in [0, 0.05) is 0 Å². The average Bonchev–Trinajstić information content (AvgIpc) is 2.26. The van der Waals surface area contributed by atoms with Gasteiger partial charge in [-0.3, -0.25) is 0 Å². The maximum Gasteiger partial charge on any atom is 0.137 e. The molecule has 0 bridgehead atoms. The number of hydrogen-bond donors (Lipinski definition) is 1. The molecule has 0 unspecified atom stereocenters. The smallest absolute Gasteiger partial charge is 0.137 e. The van der Waals surface area contributed by atoms with E-state index in [1.807, 2.05) is 24.3 Å². The van der Waals surface area contributed by atoms with Crippen LogP contribution in [-0.4, -0.2) is 26.5 Å². The lowest BCUT2D eigenvalue weighted by molar-refractivity contribution is -0.109. The van der Waals surface area contributed by atoms with E-state index >= 15 is 0 Å².